The highest BCUT2D eigenvalue weighted by atomic mass is 19.1. The summed E-state index contributed by atoms with van der Waals surface area (Å²) in [6.07, 6.45) is 0.490. The van der Waals surface area contributed by atoms with E-state index < -0.39 is 12.1 Å². The molecule has 1 rings (SSSR count). The van der Waals surface area contributed by atoms with Crippen LogP contribution in [0, 0.1) is 0 Å². The van der Waals surface area contributed by atoms with Crippen LogP contribution < -0.4 is 10.8 Å². The molecular formula is C14H19FN2O3. The molecule has 1 atom stereocenters. The lowest BCUT2D eigenvalue weighted by atomic mass is 10.1. The van der Waals surface area contributed by atoms with Crippen molar-refractivity contribution in [3.05, 3.63) is 30.3 Å². The molecule has 0 fully saturated rings. The van der Waals surface area contributed by atoms with Gasteiger partial charge in [0.05, 0.1) is 0 Å². The first-order valence-corrected chi connectivity index (χ1v) is 6.56. The molecule has 6 heteroatoms. The largest absolute Gasteiger partial charge is 0.326 e. The monoisotopic (exact) mass is 282 g/mol. The standard InChI is InChI=1S/C14H19FN2O3/c15-12(14(19)17-20)9-5-2-6-10-13(18)16-11-7-3-1-4-8-11/h1,3-4,7-8,12,20H,2,5-6,9-10H2,(H,16,18)(H,17,19). The van der Waals surface area contributed by atoms with Crippen molar-refractivity contribution in [2.24, 2.45) is 0 Å². The maximum absolute atomic E-state index is 13.0. The Morgan fingerprint density at radius 2 is 1.85 bits per heavy atom. The van der Waals surface area contributed by atoms with Crippen molar-refractivity contribution >= 4 is 17.5 Å². The first-order chi connectivity index (χ1) is 9.63. The minimum Gasteiger partial charge on any atom is -0.326 e. The van der Waals surface area contributed by atoms with Crippen LogP contribution in [0.25, 0.3) is 0 Å². The molecule has 110 valence electrons. The van der Waals surface area contributed by atoms with Crippen molar-refractivity contribution in [3.63, 3.8) is 0 Å². The van der Waals surface area contributed by atoms with Crippen LogP contribution in [0.1, 0.15) is 32.1 Å². The third kappa shape index (κ3) is 6.29. The van der Waals surface area contributed by atoms with Crippen molar-refractivity contribution in [2.45, 2.75) is 38.3 Å². The first-order valence-electron chi connectivity index (χ1n) is 6.56. The summed E-state index contributed by atoms with van der Waals surface area (Å²) in [5.74, 6) is -1.10. The summed E-state index contributed by atoms with van der Waals surface area (Å²) in [5.41, 5.74) is 2.02. The van der Waals surface area contributed by atoms with E-state index in [1.54, 1.807) is 12.1 Å². The van der Waals surface area contributed by atoms with E-state index in [0.29, 0.717) is 25.7 Å². The molecule has 0 spiro atoms. The van der Waals surface area contributed by atoms with Gasteiger partial charge in [-0.25, -0.2) is 9.87 Å². The lowest BCUT2D eigenvalue weighted by Gasteiger charge is -2.06. The fourth-order valence-corrected chi connectivity index (χ4v) is 1.73. The van der Waals surface area contributed by atoms with E-state index in [9.17, 15) is 14.0 Å². The van der Waals surface area contributed by atoms with Gasteiger partial charge in [0.1, 0.15) is 0 Å². The molecule has 0 heterocycles. The van der Waals surface area contributed by atoms with Crippen LogP contribution >= 0.6 is 0 Å². The zero-order valence-electron chi connectivity index (χ0n) is 11.1. The summed E-state index contributed by atoms with van der Waals surface area (Å²) in [6.45, 7) is 0. The van der Waals surface area contributed by atoms with Crippen molar-refractivity contribution in [1.29, 1.82) is 0 Å². The molecule has 5 nitrogen and oxygen atoms in total. The Balaban J connectivity index is 2.09. The second kappa shape index (κ2) is 9.03. The smallest absolute Gasteiger partial charge is 0.277 e. The number of nitrogens with one attached hydrogen (secondary N) is 2. The third-order valence-electron chi connectivity index (χ3n) is 2.81. The maximum atomic E-state index is 13.0. The van der Waals surface area contributed by atoms with Crippen molar-refractivity contribution in [2.75, 3.05) is 5.32 Å². The molecule has 0 aromatic heterocycles. The number of unbranched alkanes of at least 4 members (excludes halogenated alkanes) is 2. The zero-order chi connectivity index (χ0) is 14.8. The molecule has 20 heavy (non-hydrogen) atoms. The van der Waals surface area contributed by atoms with Gasteiger partial charge in [0.25, 0.3) is 5.91 Å². The molecule has 0 bridgehead atoms. The topological polar surface area (TPSA) is 78.4 Å². The lowest BCUT2D eigenvalue weighted by molar-refractivity contribution is -0.134. The summed E-state index contributed by atoms with van der Waals surface area (Å²) < 4.78 is 13.0. The van der Waals surface area contributed by atoms with E-state index in [4.69, 9.17) is 5.21 Å². The average Bonchev–Trinajstić information content (AvgIpc) is 2.46. The van der Waals surface area contributed by atoms with Gasteiger partial charge in [-0.3, -0.25) is 14.8 Å². The Morgan fingerprint density at radius 3 is 2.50 bits per heavy atom. The molecule has 0 saturated carbocycles. The Bertz CT molecular complexity index is 426. The summed E-state index contributed by atoms with van der Waals surface area (Å²) >= 11 is 0. The van der Waals surface area contributed by atoms with Crippen molar-refractivity contribution in [3.8, 4) is 0 Å². The minimum atomic E-state index is -1.70. The highest BCUT2D eigenvalue weighted by Gasteiger charge is 2.15. The number of benzene rings is 1. The van der Waals surface area contributed by atoms with Crippen LogP contribution in [0.3, 0.4) is 0 Å². The predicted octanol–water partition coefficient (Wildman–Crippen LogP) is 2.42. The number of alkyl halides is 1. The van der Waals surface area contributed by atoms with E-state index in [0.717, 1.165) is 5.69 Å². The number of anilines is 1. The maximum Gasteiger partial charge on any atom is 0.277 e. The van der Waals surface area contributed by atoms with Crippen LogP contribution in [-0.2, 0) is 9.59 Å². The van der Waals surface area contributed by atoms with Crippen LogP contribution in [0.5, 0.6) is 0 Å². The number of para-hydroxylation sites is 1. The Labute approximate surface area is 117 Å². The van der Waals surface area contributed by atoms with E-state index >= 15 is 0 Å². The zero-order valence-corrected chi connectivity index (χ0v) is 11.1. The summed E-state index contributed by atoms with van der Waals surface area (Å²) in [5, 5.41) is 11.0. The quantitative estimate of drug-likeness (QED) is 0.389. The van der Waals surface area contributed by atoms with Crippen LogP contribution in [0.2, 0.25) is 0 Å². The van der Waals surface area contributed by atoms with Gasteiger partial charge in [0, 0.05) is 12.1 Å². The summed E-state index contributed by atoms with van der Waals surface area (Å²) in [6, 6.07) is 9.15. The Hall–Kier alpha value is -1.95. The van der Waals surface area contributed by atoms with E-state index in [1.165, 1.54) is 5.48 Å². The number of rotatable bonds is 8. The Kier molecular flexibility index (Phi) is 7.27. The highest BCUT2D eigenvalue weighted by molar-refractivity contribution is 5.90. The molecule has 0 saturated heterocycles. The summed E-state index contributed by atoms with van der Waals surface area (Å²) in [7, 11) is 0. The van der Waals surface area contributed by atoms with Gasteiger partial charge < -0.3 is 5.32 Å². The van der Waals surface area contributed by atoms with E-state index in [1.807, 2.05) is 18.2 Å². The van der Waals surface area contributed by atoms with Gasteiger partial charge in [-0.15, -0.1) is 0 Å². The predicted molar refractivity (Wildman–Crippen MR) is 73.0 cm³/mol. The fraction of sp³-hybridized carbons (Fsp3) is 0.429. The minimum absolute atomic E-state index is 0.0483. The molecule has 0 aliphatic rings. The molecule has 0 aliphatic carbocycles. The second-order valence-corrected chi connectivity index (χ2v) is 4.46. The van der Waals surface area contributed by atoms with E-state index in [2.05, 4.69) is 5.32 Å². The van der Waals surface area contributed by atoms with Crippen molar-refractivity contribution in [1.82, 2.24) is 5.48 Å². The number of carbonyl (C=O) groups excluding carboxylic acids is 2. The number of amides is 2. The van der Waals surface area contributed by atoms with Gasteiger partial charge >= 0.3 is 0 Å². The molecule has 0 radical (unpaired) electrons. The molecule has 1 aromatic carbocycles. The highest BCUT2D eigenvalue weighted by Crippen LogP contribution is 2.10. The van der Waals surface area contributed by atoms with Crippen LogP contribution in [0.15, 0.2) is 30.3 Å². The number of hydroxylamine groups is 1. The Morgan fingerprint density at radius 1 is 1.15 bits per heavy atom. The molecule has 2 amide bonds. The van der Waals surface area contributed by atoms with Gasteiger partial charge in [-0.2, -0.15) is 0 Å². The van der Waals surface area contributed by atoms with Crippen LogP contribution in [0.4, 0.5) is 10.1 Å². The molecule has 0 aliphatic heterocycles. The third-order valence-corrected chi connectivity index (χ3v) is 2.81. The van der Waals surface area contributed by atoms with Gasteiger partial charge in [0.15, 0.2) is 6.17 Å². The molecule has 3 N–H and O–H groups in total. The number of hydrogen-bond donors (Lipinski definition) is 3. The normalized spacial score (nSPS) is 11.7. The number of hydrogen-bond acceptors (Lipinski definition) is 3. The van der Waals surface area contributed by atoms with Crippen LogP contribution in [-0.4, -0.2) is 23.2 Å². The van der Waals surface area contributed by atoms with Gasteiger partial charge in [0.2, 0.25) is 5.91 Å². The molecule has 1 unspecified atom stereocenters. The van der Waals surface area contributed by atoms with Crippen molar-refractivity contribution < 1.29 is 19.2 Å². The second-order valence-electron chi connectivity index (χ2n) is 4.46. The average molecular weight is 282 g/mol. The summed E-state index contributed by atoms with van der Waals surface area (Å²) in [4.78, 5) is 22.3. The first kappa shape index (κ1) is 16.1. The SMILES string of the molecule is O=C(CCCCCC(F)C(=O)NO)Nc1ccccc1. The molecule has 1 aromatic rings. The number of halogens is 1. The van der Waals surface area contributed by atoms with Gasteiger partial charge in [-0.1, -0.05) is 24.6 Å². The molecular weight excluding hydrogens is 263 g/mol. The van der Waals surface area contributed by atoms with E-state index in [-0.39, 0.29) is 12.3 Å². The fourth-order valence-electron chi connectivity index (χ4n) is 1.73. The number of carbonyl (C=O) groups is 2. The van der Waals surface area contributed by atoms with Gasteiger partial charge in [-0.05, 0) is 31.4 Å². The lowest BCUT2D eigenvalue weighted by Crippen LogP contribution is -2.28.